The quantitative estimate of drug-likeness (QED) is 0.779. The molecule has 154 valence electrons. The first kappa shape index (κ1) is 20.3. The van der Waals surface area contributed by atoms with Crippen LogP contribution < -0.4 is 19.7 Å². The van der Waals surface area contributed by atoms with Crippen LogP contribution in [0.15, 0.2) is 42.5 Å². The van der Waals surface area contributed by atoms with Crippen molar-refractivity contribution in [1.82, 2.24) is 4.90 Å². The molecule has 29 heavy (non-hydrogen) atoms. The minimum atomic E-state index is -0.364. The lowest BCUT2D eigenvalue weighted by atomic mass is 10.1. The zero-order valence-corrected chi connectivity index (χ0v) is 16.8. The molecule has 0 aromatic heterocycles. The Kier molecular flexibility index (Phi) is 6.43. The maximum atomic E-state index is 12.7. The highest BCUT2D eigenvalue weighted by Crippen LogP contribution is 2.29. The van der Waals surface area contributed by atoms with Crippen molar-refractivity contribution in [2.24, 2.45) is 0 Å². The molecule has 3 rings (SSSR count). The second-order valence-electron chi connectivity index (χ2n) is 6.51. The average Bonchev–Trinajstić information content (AvgIpc) is 2.78. The number of nitrogens with zero attached hydrogens (tertiary/aromatic N) is 2. The lowest BCUT2D eigenvalue weighted by molar-refractivity contribution is 0.0600. The van der Waals surface area contributed by atoms with E-state index in [1.165, 1.54) is 7.11 Å². The number of benzene rings is 2. The maximum absolute atomic E-state index is 12.7. The molecule has 0 spiro atoms. The number of ether oxygens (including phenoxy) is 3. The third-order valence-corrected chi connectivity index (χ3v) is 4.85. The molecule has 1 aliphatic rings. The van der Waals surface area contributed by atoms with Crippen LogP contribution in [0, 0.1) is 0 Å². The third-order valence-electron chi connectivity index (χ3n) is 4.85. The van der Waals surface area contributed by atoms with Crippen LogP contribution in [0.3, 0.4) is 0 Å². The molecule has 0 bridgehead atoms. The fourth-order valence-corrected chi connectivity index (χ4v) is 3.22. The summed E-state index contributed by atoms with van der Waals surface area (Å²) < 4.78 is 15.3. The van der Waals surface area contributed by atoms with Crippen molar-refractivity contribution >= 4 is 23.4 Å². The van der Waals surface area contributed by atoms with Crippen molar-refractivity contribution in [3.8, 4) is 11.5 Å². The van der Waals surface area contributed by atoms with E-state index in [0.29, 0.717) is 48.9 Å². The number of carbonyl (C=O) groups is 2. The van der Waals surface area contributed by atoms with Crippen molar-refractivity contribution < 1.29 is 23.8 Å². The molecular formula is C21H25N3O5. The first-order valence-corrected chi connectivity index (χ1v) is 9.27. The molecule has 1 N–H and O–H groups in total. The Bertz CT molecular complexity index is 878. The van der Waals surface area contributed by atoms with Gasteiger partial charge in [-0.25, -0.2) is 9.59 Å². The van der Waals surface area contributed by atoms with Gasteiger partial charge in [0.05, 0.1) is 32.6 Å². The summed E-state index contributed by atoms with van der Waals surface area (Å²) in [5.41, 5.74) is 2.00. The standard InChI is InChI=1S/C21H25N3O5/c1-27-17-7-8-19(28-2)18(14-17)22-21(26)24-11-9-23(10-12-24)16-6-4-5-15(13-16)20(25)29-3/h4-8,13-14H,9-12H2,1-3H3,(H,22,26). The number of rotatable bonds is 5. The number of methoxy groups -OCH3 is 3. The number of nitrogens with one attached hydrogen (secondary N) is 1. The highest BCUT2D eigenvalue weighted by atomic mass is 16.5. The average molecular weight is 399 g/mol. The first-order chi connectivity index (χ1) is 14.0. The van der Waals surface area contributed by atoms with E-state index in [1.807, 2.05) is 18.2 Å². The van der Waals surface area contributed by atoms with Gasteiger partial charge in [-0.15, -0.1) is 0 Å². The molecule has 0 saturated carbocycles. The summed E-state index contributed by atoms with van der Waals surface area (Å²) >= 11 is 0. The predicted octanol–water partition coefficient (Wildman–Crippen LogP) is 2.84. The van der Waals surface area contributed by atoms with Gasteiger partial charge in [-0.05, 0) is 30.3 Å². The minimum Gasteiger partial charge on any atom is -0.497 e. The monoisotopic (exact) mass is 399 g/mol. The molecule has 0 radical (unpaired) electrons. The van der Waals surface area contributed by atoms with E-state index in [9.17, 15) is 9.59 Å². The van der Waals surface area contributed by atoms with Gasteiger partial charge in [0.2, 0.25) is 0 Å². The van der Waals surface area contributed by atoms with Crippen molar-refractivity contribution in [3.05, 3.63) is 48.0 Å². The Morgan fingerprint density at radius 1 is 0.931 bits per heavy atom. The largest absolute Gasteiger partial charge is 0.497 e. The van der Waals surface area contributed by atoms with Crippen LogP contribution in [0.4, 0.5) is 16.2 Å². The van der Waals surface area contributed by atoms with Gasteiger partial charge in [0.1, 0.15) is 11.5 Å². The van der Waals surface area contributed by atoms with E-state index < -0.39 is 0 Å². The zero-order valence-electron chi connectivity index (χ0n) is 16.8. The number of carbonyl (C=O) groups excluding carboxylic acids is 2. The van der Waals surface area contributed by atoms with Gasteiger partial charge < -0.3 is 29.3 Å². The van der Waals surface area contributed by atoms with E-state index in [1.54, 1.807) is 43.4 Å². The van der Waals surface area contributed by atoms with Crippen molar-refractivity contribution in [2.75, 3.05) is 57.7 Å². The van der Waals surface area contributed by atoms with Gasteiger partial charge >= 0.3 is 12.0 Å². The van der Waals surface area contributed by atoms with Gasteiger partial charge in [0, 0.05) is 37.9 Å². The fraction of sp³-hybridized carbons (Fsp3) is 0.333. The molecule has 1 aliphatic heterocycles. The molecule has 2 amide bonds. The molecule has 0 atom stereocenters. The molecule has 1 heterocycles. The molecule has 8 heteroatoms. The van der Waals surface area contributed by atoms with Crippen molar-refractivity contribution in [3.63, 3.8) is 0 Å². The maximum Gasteiger partial charge on any atom is 0.337 e. The molecule has 1 saturated heterocycles. The number of piperazine rings is 1. The second kappa shape index (κ2) is 9.18. The molecule has 2 aromatic carbocycles. The lowest BCUT2D eigenvalue weighted by Gasteiger charge is -2.36. The summed E-state index contributed by atoms with van der Waals surface area (Å²) in [6.45, 7) is 2.43. The molecule has 0 unspecified atom stereocenters. The van der Waals surface area contributed by atoms with Crippen LogP contribution >= 0.6 is 0 Å². The van der Waals surface area contributed by atoms with Crippen LogP contribution in [0.2, 0.25) is 0 Å². The van der Waals surface area contributed by atoms with E-state index in [0.717, 1.165) is 5.69 Å². The fourth-order valence-electron chi connectivity index (χ4n) is 3.22. The highest BCUT2D eigenvalue weighted by Gasteiger charge is 2.23. The van der Waals surface area contributed by atoms with E-state index in [2.05, 4.69) is 10.2 Å². The van der Waals surface area contributed by atoms with Gasteiger partial charge in [0.15, 0.2) is 0 Å². The summed E-state index contributed by atoms with van der Waals surface area (Å²) in [7, 11) is 4.49. The SMILES string of the molecule is COC(=O)c1cccc(N2CCN(C(=O)Nc3cc(OC)ccc3OC)CC2)c1. The van der Waals surface area contributed by atoms with Crippen LogP contribution in [-0.4, -0.2) is 64.4 Å². The molecule has 2 aromatic rings. The normalized spacial score (nSPS) is 13.6. The van der Waals surface area contributed by atoms with E-state index in [-0.39, 0.29) is 12.0 Å². The highest BCUT2D eigenvalue weighted by molar-refractivity contribution is 5.92. The van der Waals surface area contributed by atoms with Crippen LogP contribution in [0.25, 0.3) is 0 Å². The smallest absolute Gasteiger partial charge is 0.337 e. The topological polar surface area (TPSA) is 80.3 Å². The Morgan fingerprint density at radius 3 is 2.34 bits per heavy atom. The van der Waals surface area contributed by atoms with Crippen molar-refractivity contribution in [2.45, 2.75) is 0 Å². The number of esters is 1. The number of amides is 2. The number of anilines is 2. The lowest BCUT2D eigenvalue weighted by Crippen LogP contribution is -2.50. The van der Waals surface area contributed by atoms with Crippen LogP contribution in [0.5, 0.6) is 11.5 Å². The number of urea groups is 1. The summed E-state index contributed by atoms with van der Waals surface area (Å²) in [4.78, 5) is 28.3. The van der Waals surface area contributed by atoms with Crippen LogP contribution in [0.1, 0.15) is 10.4 Å². The van der Waals surface area contributed by atoms with Crippen molar-refractivity contribution in [1.29, 1.82) is 0 Å². The van der Waals surface area contributed by atoms with Gasteiger partial charge in [-0.2, -0.15) is 0 Å². The minimum absolute atomic E-state index is 0.195. The summed E-state index contributed by atoms with van der Waals surface area (Å²) in [6.07, 6.45) is 0. The van der Waals surface area contributed by atoms with E-state index in [4.69, 9.17) is 14.2 Å². The van der Waals surface area contributed by atoms with Gasteiger partial charge in [-0.3, -0.25) is 0 Å². The molecule has 8 nitrogen and oxygen atoms in total. The second-order valence-corrected chi connectivity index (χ2v) is 6.51. The zero-order chi connectivity index (χ0) is 20.8. The number of hydrogen-bond acceptors (Lipinski definition) is 6. The predicted molar refractivity (Wildman–Crippen MR) is 110 cm³/mol. The molecular weight excluding hydrogens is 374 g/mol. The van der Waals surface area contributed by atoms with E-state index >= 15 is 0 Å². The third kappa shape index (κ3) is 4.71. The first-order valence-electron chi connectivity index (χ1n) is 9.27. The summed E-state index contributed by atoms with van der Waals surface area (Å²) in [5.74, 6) is 0.839. The molecule has 0 aliphatic carbocycles. The Morgan fingerprint density at radius 2 is 1.69 bits per heavy atom. The summed E-state index contributed by atoms with van der Waals surface area (Å²) in [6, 6.07) is 12.4. The van der Waals surface area contributed by atoms with Crippen LogP contribution in [-0.2, 0) is 4.74 Å². The molecule has 1 fully saturated rings. The number of hydrogen-bond donors (Lipinski definition) is 1. The Hall–Kier alpha value is -3.42. The Labute approximate surface area is 170 Å². The summed E-state index contributed by atoms with van der Waals surface area (Å²) in [5, 5.41) is 2.89. The van der Waals surface area contributed by atoms with Gasteiger partial charge in [0.25, 0.3) is 0 Å². The Balaban J connectivity index is 1.62. The van der Waals surface area contributed by atoms with Gasteiger partial charge in [-0.1, -0.05) is 6.07 Å².